The molecule has 0 aromatic heterocycles. The molecule has 362 valence electrons. The van der Waals surface area contributed by atoms with Crippen molar-refractivity contribution in [1.82, 2.24) is 0 Å². The lowest BCUT2D eigenvalue weighted by Gasteiger charge is -2.31. The number of carboxylic acids is 1. The van der Waals surface area contributed by atoms with Crippen molar-refractivity contribution in [3.05, 3.63) is 36.5 Å². The van der Waals surface area contributed by atoms with E-state index in [1.54, 1.807) is 0 Å². The van der Waals surface area contributed by atoms with Crippen LogP contribution in [-0.2, 0) is 28.6 Å². The van der Waals surface area contributed by atoms with Crippen molar-refractivity contribution in [3.8, 4) is 0 Å². The topological polar surface area (TPSA) is 99.1 Å². The Kier molecular flexibility index (Phi) is 43.3. The van der Waals surface area contributed by atoms with Gasteiger partial charge in [0.15, 0.2) is 12.1 Å². The van der Waals surface area contributed by atoms with Gasteiger partial charge in [-0.05, 0) is 64.2 Å². The van der Waals surface area contributed by atoms with Crippen LogP contribution in [0.3, 0.4) is 0 Å². The van der Waals surface area contributed by atoms with Crippen LogP contribution >= 0.6 is 0 Å². The highest BCUT2D eigenvalue weighted by Crippen LogP contribution is 2.15. The molecule has 2 atom stereocenters. The second-order valence-corrected chi connectivity index (χ2v) is 18.8. The van der Waals surface area contributed by atoms with Crippen LogP contribution in [0.1, 0.15) is 239 Å². The maximum atomic E-state index is 12.8. The van der Waals surface area contributed by atoms with Gasteiger partial charge in [-0.2, -0.15) is 0 Å². The van der Waals surface area contributed by atoms with Gasteiger partial charge in [0.1, 0.15) is 6.61 Å². The number of aliphatic carboxylic acids is 1. The first kappa shape index (κ1) is 59.5. The molecule has 62 heavy (non-hydrogen) atoms. The average Bonchev–Trinajstić information content (AvgIpc) is 3.23. The zero-order valence-corrected chi connectivity index (χ0v) is 41.3. The van der Waals surface area contributed by atoms with Gasteiger partial charge in [-0.15, -0.1) is 0 Å². The van der Waals surface area contributed by atoms with Gasteiger partial charge in [0.05, 0.1) is 34.4 Å². The number of allylic oxidation sites excluding steroid dienone is 6. The molecule has 0 amide bonds. The zero-order valence-electron chi connectivity index (χ0n) is 41.3. The van der Waals surface area contributed by atoms with Crippen LogP contribution < -0.4 is 0 Å². The molecule has 0 aromatic rings. The lowest BCUT2D eigenvalue weighted by molar-refractivity contribution is -0.887. The van der Waals surface area contributed by atoms with Crippen LogP contribution in [0.15, 0.2) is 36.5 Å². The number of carbonyl (C=O) groups excluding carboxylic acids is 2. The van der Waals surface area contributed by atoms with Crippen LogP contribution in [0, 0.1) is 0 Å². The maximum absolute atomic E-state index is 12.8. The van der Waals surface area contributed by atoms with Crippen LogP contribution in [-0.4, -0.2) is 80.6 Å². The lowest BCUT2D eigenvalue weighted by Crippen LogP contribution is -2.50. The number of rotatable bonds is 47. The molecule has 0 aliphatic carbocycles. The minimum Gasteiger partial charge on any atom is -0.477 e. The van der Waals surface area contributed by atoms with Crippen molar-refractivity contribution in [2.45, 2.75) is 251 Å². The van der Waals surface area contributed by atoms with Crippen LogP contribution in [0.2, 0.25) is 0 Å². The molecule has 0 fully saturated rings. The molecule has 2 unspecified atom stereocenters. The third-order valence-electron chi connectivity index (χ3n) is 11.8. The molecule has 0 heterocycles. The number of carbonyl (C=O) groups is 3. The molecule has 8 nitrogen and oxygen atoms in total. The van der Waals surface area contributed by atoms with E-state index in [0.29, 0.717) is 19.3 Å². The summed E-state index contributed by atoms with van der Waals surface area (Å²) >= 11 is 0. The monoisotopic (exact) mass is 875 g/mol. The van der Waals surface area contributed by atoms with E-state index in [4.69, 9.17) is 14.2 Å². The molecule has 0 aromatic carbocycles. The number of ether oxygens (including phenoxy) is 3. The van der Waals surface area contributed by atoms with Crippen LogP contribution in [0.4, 0.5) is 0 Å². The average molecular weight is 875 g/mol. The summed E-state index contributed by atoms with van der Waals surface area (Å²) in [6, 6.07) is -0.617. The molecule has 0 rings (SSSR count). The summed E-state index contributed by atoms with van der Waals surface area (Å²) in [5, 5.41) is 9.65. The molecule has 8 heteroatoms. The Morgan fingerprint density at radius 1 is 0.484 bits per heavy atom. The van der Waals surface area contributed by atoms with Gasteiger partial charge in [-0.3, -0.25) is 9.59 Å². The highest BCUT2D eigenvalue weighted by atomic mass is 16.6. The van der Waals surface area contributed by atoms with Crippen molar-refractivity contribution in [2.24, 2.45) is 0 Å². The molecule has 0 aliphatic rings. The number of quaternary nitrogens is 1. The first-order valence-electron chi connectivity index (χ1n) is 26.0. The highest BCUT2D eigenvalue weighted by molar-refractivity contribution is 5.72. The number of carboxylic acid groups (broad SMARTS) is 1. The van der Waals surface area contributed by atoms with E-state index in [9.17, 15) is 19.5 Å². The predicted molar refractivity (Wildman–Crippen MR) is 261 cm³/mol. The third kappa shape index (κ3) is 42.8. The second-order valence-electron chi connectivity index (χ2n) is 18.8. The van der Waals surface area contributed by atoms with Gasteiger partial charge in [-0.1, -0.05) is 192 Å². The van der Waals surface area contributed by atoms with Crippen molar-refractivity contribution in [2.75, 3.05) is 41.0 Å². The van der Waals surface area contributed by atoms with Crippen molar-refractivity contribution in [3.63, 3.8) is 0 Å². The summed E-state index contributed by atoms with van der Waals surface area (Å²) in [5.41, 5.74) is 0. The van der Waals surface area contributed by atoms with Gasteiger partial charge in [-0.25, -0.2) is 4.79 Å². The Morgan fingerprint density at radius 2 is 0.855 bits per heavy atom. The molecule has 0 saturated heterocycles. The van der Waals surface area contributed by atoms with Crippen molar-refractivity contribution >= 4 is 17.9 Å². The summed E-state index contributed by atoms with van der Waals surface area (Å²) in [7, 11) is 5.53. The quantitative estimate of drug-likeness (QED) is 0.0214. The largest absolute Gasteiger partial charge is 0.477 e. The maximum Gasteiger partial charge on any atom is 0.362 e. The fraction of sp³-hybridized carbons (Fsp3) is 0.833. The van der Waals surface area contributed by atoms with Gasteiger partial charge in [0, 0.05) is 19.3 Å². The Labute approximate surface area is 383 Å². The van der Waals surface area contributed by atoms with E-state index < -0.39 is 18.1 Å². The molecule has 0 saturated carbocycles. The molecule has 0 radical (unpaired) electrons. The number of nitrogens with zero attached hydrogens (tertiary/aromatic N) is 1. The number of unbranched alkanes of at least 4 members (excludes halogenated alkanes) is 28. The normalized spacial score (nSPS) is 13.1. The van der Waals surface area contributed by atoms with E-state index in [-0.39, 0.29) is 36.2 Å². The van der Waals surface area contributed by atoms with Crippen LogP contribution in [0.25, 0.3) is 0 Å². The summed E-state index contributed by atoms with van der Waals surface area (Å²) in [6.45, 7) is 4.72. The number of likely N-dealkylation sites (N-methyl/N-ethyl adjacent to an activating group) is 1. The minimum atomic E-state index is -0.876. The molecular weight excluding hydrogens is 775 g/mol. The number of hydrogen-bond acceptors (Lipinski definition) is 6. The molecule has 0 aliphatic heterocycles. The zero-order chi connectivity index (χ0) is 45.6. The number of hydrogen-bond donors (Lipinski definition) is 1. The Morgan fingerprint density at radius 3 is 1.29 bits per heavy atom. The summed E-state index contributed by atoms with van der Waals surface area (Å²) in [5.74, 6) is -1.48. The Hall–Kier alpha value is -2.45. The molecule has 1 N–H and O–H groups in total. The van der Waals surface area contributed by atoms with Crippen LogP contribution in [0.5, 0.6) is 0 Å². The fourth-order valence-electron chi connectivity index (χ4n) is 7.73. The summed E-state index contributed by atoms with van der Waals surface area (Å²) in [4.78, 5) is 37.1. The lowest BCUT2D eigenvalue weighted by atomic mass is 10.0. The SMILES string of the molecule is CCCCC/C=C/C=C/CCCCCCCCC(=O)OCC(COCCC(C(=O)O)[N+](C)(C)C)OC(=O)CCCCCCCCC/C=C/CCCCCCCCCCCCCC. The van der Waals surface area contributed by atoms with Crippen molar-refractivity contribution < 1.29 is 38.2 Å². The molecule has 0 bridgehead atoms. The van der Waals surface area contributed by atoms with E-state index >= 15 is 0 Å². The minimum absolute atomic E-state index is 0.0571. The molecular formula is C54H100NO7+. The standard InChI is InChI=1S/C54H99NO7/c1-6-8-10-12-14-16-18-20-22-23-24-25-26-27-28-29-31-33-35-37-39-41-43-45-53(57)62-50(48-60-47-46-51(54(58)59)55(3,4)5)49-61-52(56)44-42-40-38-36-34-32-30-21-19-17-15-13-11-9-7-2/h15,17,19,21,27-28,50-51H,6-14,16,18,20,22-26,29-49H2,1-5H3/p+1/b17-15+,21-19+,28-27+. The second kappa shape index (κ2) is 45.1. The van der Waals surface area contributed by atoms with E-state index in [0.717, 1.165) is 44.9 Å². The van der Waals surface area contributed by atoms with E-state index in [2.05, 4.69) is 50.3 Å². The van der Waals surface area contributed by atoms with E-state index in [1.807, 2.05) is 21.1 Å². The van der Waals surface area contributed by atoms with Gasteiger partial charge < -0.3 is 23.8 Å². The van der Waals surface area contributed by atoms with Gasteiger partial charge in [0.2, 0.25) is 0 Å². The summed E-state index contributed by atoms with van der Waals surface area (Å²) < 4.78 is 17.3. The Balaban J connectivity index is 4.22. The third-order valence-corrected chi connectivity index (χ3v) is 11.8. The first-order valence-corrected chi connectivity index (χ1v) is 26.0. The van der Waals surface area contributed by atoms with E-state index in [1.165, 1.54) is 161 Å². The van der Waals surface area contributed by atoms with Gasteiger partial charge >= 0.3 is 17.9 Å². The highest BCUT2D eigenvalue weighted by Gasteiger charge is 2.31. The Bertz CT molecular complexity index is 1110. The summed E-state index contributed by atoms with van der Waals surface area (Å²) in [6.07, 6.45) is 53.4. The van der Waals surface area contributed by atoms with Crippen molar-refractivity contribution in [1.29, 1.82) is 0 Å². The molecule has 0 spiro atoms. The fourth-order valence-corrected chi connectivity index (χ4v) is 7.73. The predicted octanol–water partition coefficient (Wildman–Crippen LogP) is 15.0. The van der Waals surface area contributed by atoms with Gasteiger partial charge in [0.25, 0.3) is 0 Å². The first-order chi connectivity index (χ1) is 30.1. The smallest absolute Gasteiger partial charge is 0.362 e. The number of esters is 2.